The summed E-state index contributed by atoms with van der Waals surface area (Å²) in [4.78, 5) is 0. The van der Waals surface area contributed by atoms with Crippen molar-refractivity contribution < 1.29 is 9.94 Å². The summed E-state index contributed by atoms with van der Waals surface area (Å²) in [7, 11) is 1.65. The number of nitrogens with zero attached hydrogens (tertiary/aromatic N) is 1. The zero-order chi connectivity index (χ0) is 14.3. The van der Waals surface area contributed by atoms with E-state index in [-0.39, 0.29) is 5.84 Å². The number of hydrogen-bond donors (Lipinski definition) is 2. The molecule has 0 radical (unpaired) electrons. The number of thioether (sulfide) groups is 1. The first-order valence-corrected chi connectivity index (χ1v) is 7.50. The van der Waals surface area contributed by atoms with Crippen molar-refractivity contribution in [1.29, 1.82) is 0 Å². The molecule has 4 nitrogen and oxygen atoms in total. The quantitative estimate of drug-likeness (QED) is 0.349. The molecule has 0 fully saturated rings. The molecule has 0 saturated heterocycles. The molecule has 1 rings (SSSR count). The molecular weight excluding hydrogens is 260 g/mol. The van der Waals surface area contributed by atoms with E-state index in [9.17, 15) is 0 Å². The first kappa shape index (κ1) is 15.7. The largest absolute Gasteiger partial charge is 0.496 e. The molecule has 19 heavy (non-hydrogen) atoms. The third-order valence-corrected chi connectivity index (χ3v) is 4.36. The number of benzene rings is 1. The molecule has 0 bridgehead atoms. The fraction of sp³-hybridized carbons (Fsp3) is 0.500. The molecular formula is C14H22N2O2S. The highest BCUT2D eigenvalue weighted by Crippen LogP contribution is 2.26. The van der Waals surface area contributed by atoms with Crippen molar-refractivity contribution in [1.82, 2.24) is 0 Å². The molecule has 1 aromatic carbocycles. The highest BCUT2D eigenvalue weighted by Gasteiger charge is 2.08. The highest BCUT2D eigenvalue weighted by atomic mass is 32.2. The van der Waals surface area contributed by atoms with Gasteiger partial charge < -0.3 is 15.7 Å². The minimum atomic E-state index is 0.121. The smallest absolute Gasteiger partial charge is 0.170 e. The molecule has 1 aromatic rings. The predicted molar refractivity (Wildman–Crippen MR) is 81.1 cm³/mol. The number of methoxy groups -OCH3 is 1. The molecule has 1 unspecified atom stereocenters. The summed E-state index contributed by atoms with van der Waals surface area (Å²) in [6.45, 7) is 4.45. The van der Waals surface area contributed by atoms with Crippen molar-refractivity contribution in [3.05, 3.63) is 29.3 Å². The number of nitrogens with two attached hydrogens (primary N) is 1. The summed E-state index contributed by atoms with van der Waals surface area (Å²) >= 11 is 1.87. The lowest BCUT2D eigenvalue weighted by Gasteiger charge is -2.12. The average Bonchev–Trinajstić information content (AvgIpc) is 2.45. The van der Waals surface area contributed by atoms with E-state index in [0.717, 1.165) is 22.8 Å². The summed E-state index contributed by atoms with van der Waals surface area (Å²) in [5, 5.41) is 11.7. The van der Waals surface area contributed by atoms with Crippen LogP contribution in [0.25, 0.3) is 0 Å². The van der Waals surface area contributed by atoms with Crippen LogP contribution in [0.4, 0.5) is 0 Å². The van der Waals surface area contributed by atoms with Gasteiger partial charge in [-0.05, 0) is 29.9 Å². The van der Waals surface area contributed by atoms with E-state index < -0.39 is 0 Å². The Balaban J connectivity index is 2.79. The number of ether oxygens (including phenoxy) is 1. The summed E-state index contributed by atoms with van der Waals surface area (Å²) in [5.74, 6) is 3.65. The van der Waals surface area contributed by atoms with Gasteiger partial charge in [0.25, 0.3) is 0 Å². The molecule has 0 heterocycles. The van der Waals surface area contributed by atoms with Gasteiger partial charge in [-0.3, -0.25) is 0 Å². The fourth-order valence-corrected chi connectivity index (χ4v) is 2.80. The minimum absolute atomic E-state index is 0.121. The van der Waals surface area contributed by atoms with Crippen LogP contribution in [0.1, 0.15) is 31.4 Å². The van der Waals surface area contributed by atoms with Crippen LogP contribution in [-0.2, 0) is 5.75 Å². The standard InChI is InChI=1S/C14H22N2O2S/c1-4-10(2)8-19-9-12-7-11(14(15)16-17)5-6-13(12)18-3/h5-7,10,17H,4,8-9H2,1-3H3,(H2,15,16). The molecule has 5 heteroatoms. The molecule has 0 aliphatic carbocycles. The summed E-state index contributed by atoms with van der Waals surface area (Å²) in [5.41, 5.74) is 7.39. The van der Waals surface area contributed by atoms with Crippen molar-refractivity contribution in [3.8, 4) is 5.75 Å². The second-order valence-electron chi connectivity index (χ2n) is 4.54. The Labute approximate surface area is 119 Å². The lowest BCUT2D eigenvalue weighted by molar-refractivity contribution is 0.318. The second-order valence-corrected chi connectivity index (χ2v) is 5.57. The normalized spacial score (nSPS) is 13.3. The average molecular weight is 282 g/mol. The zero-order valence-corrected chi connectivity index (χ0v) is 12.5. The van der Waals surface area contributed by atoms with Gasteiger partial charge in [-0.15, -0.1) is 0 Å². The van der Waals surface area contributed by atoms with Crippen LogP contribution in [-0.4, -0.2) is 23.9 Å². The van der Waals surface area contributed by atoms with E-state index >= 15 is 0 Å². The first-order chi connectivity index (χ1) is 9.12. The molecule has 1 atom stereocenters. The van der Waals surface area contributed by atoms with Crippen LogP contribution >= 0.6 is 11.8 Å². The van der Waals surface area contributed by atoms with Crippen molar-refractivity contribution in [2.24, 2.45) is 16.8 Å². The van der Waals surface area contributed by atoms with Crippen LogP contribution in [0, 0.1) is 5.92 Å². The van der Waals surface area contributed by atoms with Crippen molar-refractivity contribution in [3.63, 3.8) is 0 Å². The third kappa shape index (κ3) is 4.67. The Morgan fingerprint density at radius 3 is 2.84 bits per heavy atom. The maximum Gasteiger partial charge on any atom is 0.170 e. The Bertz CT molecular complexity index is 435. The topological polar surface area (TPSA) is 67.8 Å². The molecule has 0 aliphatic rings. The lowest BCUT2D eigenvalue weighted by atomic mass is 10.1. The Morgan fingerprint density at radius 2 is 2.26 bits per heavy atom. The lowest BCUT2D eigenvalue weighted by Crippen LogP contribution is -2.13. The number of hydrogen-bond acceptors (Lipinski definition) is 4. The van der Waals surface area contributed by atoms with E-state index in [0.29, 0.717) is 11.5 Å². The maximum absolute atomic E-state index is 8.71. The van der Waals surface area contributed by atoms with Crippen molar-refractivity contribution in [2.75, 3.05) is 12.9 Å². The van der Waals surface area contributed by atoms with E-state index in [1.54, 1.807) is 13.2 Å². The van der Waals surface area contributed by atoms with Gasteiger partial charge in [-0.2, -0.15) is 11.8 Å². The van der Waals surface area contributed by atoms with Crippen LogP contribution in [0.2, 0.25) is 0 Å². The fourth-order valence-electron chi connectivity index (χ4n) is 1.60. The molecule has 0 spiro atoms. The van der Waals surface area contributed by atoms with Gasteiger partial charge >= 0.3 is 0 Å². The monoisotopic (exact) mass is 282 g/mol. The van der Waals surface area contributed by atoms with Gasteiger partial charge in [-0.25, -0.2) is 0 Å². The maximum atomic E-state index is 8.71. The summed E-state index contributed by atoms with van der Waals surface area (Å²) in [6, 6.07) is 5.56. The van der Waals surface area contributed by atoms with Crippen LogP contribution < -0.4 is 10.5 Å². The molecule has 0 saturated carbocycles. The number of oxime groups is 1. The predicted octanol–water partition coefficient (Wildman–Crippen LogP) is 3.07. The van der Waals surface area contributed by atoms with Crippen LogP contribution in [0.3, 0.4) is 0 Å². The van der Waals surface area contributed by atoms with E-state index in [4.69, 9.17) is 15.7 Å². The SMILES string of the molecule is CCC(C)CSCc1cc(/C(N)=N/O)ccc1OC. The van der Waals surface area contributed by atoms with Gasteiger partial charge in [0.15, 0.2) is 5.84 Å². The number of amidine groups is 1. The molecule has 0 amide bonds. The third-order valence-electron chi connectivity index (χ3n) is 3.04. The van der Waals surface area contributed by atoms with E-state index in [1.807, 2.05) is 23.9 Å². The van der Waals surface area contributed by atoms with Gasteiger partial charge in [0.1, 0.15) is 5.75 Å². The van der Waals surface area contributed by atoms with Crippen LogP contribution in [0.5, 0.6) is 5.75 Å². The van der Waals surface area contributed by atoms with Crippen molar-refractivity contribution >= 4 is 17.6 Å². The number of rotatable bonds is 7. The van der Waals surface area contributed by atoms with Crippen molar-refractivity contribution in [2.45, 2.75) is 26.0 Å². The molecule has 0 aliphatic heterocycles. The van der Waals surface area contributed by atoms with Gasteiger partial charge in [0.2, 0.25) is 0 Å². The Hall–Kier alpha value is -1.36. The Morgan fingerprint density at radius 1 is 1.53 bits per heavy atom. The second kappa shape index (κ2) is 7.94. The zero-order valence-electron chi connectivity index (χ0n) is 11.7. The molecule has 3 N–H and O–H groups in total. The van der Waals surface area contributed by atoms with Crippen LogP contribution in [0.15, 0.2) is 23.4 Å². The minimum Gasteiger partial charge on any atom is -0.496 e. The Kier molecular flexibility index (Phi) is 6.56. The highest BCUT2D eigenvalue weighted by molar-refractivity contribution is 7.98. The summed E-state index contributed by atoms with van der Waals surface area (Å²) in [6.07, 6.45) is 1.19. The summed E-state index contributed by atoms with van der Waals surface area (Å²) < 4.78 is 5.34. The molecule has 106 valence electrons. The molecule has 0 aromatic heterocycles. The van der Waals surface area contributed by atoms with Gasteiger partial charge in [0, 0.05) is 16.9 Å². The van der Waals surface area contributed by atoms with E-state index in [1.165, 1.54) is 6.42 Å². The van der Waals surface area contributed by atoms with E-state index in [2.05, 4.69) is 19.0 Å². The first-order valence-electron chi connectivity index (χ1n) is 6.34. The van der Waals surface area contributed by atoms with Gasteiger partial charge in [0.05, 0.1) is 7.11 Å². The van der Waals surface area contributed by atoms with Gasteiger partial charge in [-0.1, -0.05) is 25.4 Å².